The number of hydrogen-bond donors (Lipinski definition) is 1. The summed E-state index contributed by atoms with van der Waals surface area (Å²) in [5, 5.41) is 7.48. The van der Waals surface area contributed by atoms with E-state index in [-0.39, 0.29) is 5.41 Å². The fourth-order valence-electron chi connectivity index (χ4n) is 3.42. The summed E-state index contributed by atoms with van der Waals surface area (Å²) in [5.74, 6) is 1.53. The van der Waals surface area contributed by atoms with Crippen molar-refractivity contribution in [3.63, 3.8) is 0 Å². The molecule has 0 radical (unpaired) electrons. The lowest BCUT2D eigenvalue weighted by atomic mass is 9.84. The Morgan fingerprint density at radius 1 is 1.00 bits per heavy atom. The van der Waals surface area contributed by atoms with E-state index in [2.05, 4.69) is 66.3 Å². The Morgan fingerprint density at radius 3 is 2.48 bits per heavy atom. The van der Waals surface area contributed by atoms with Gasteiger partial charge in [-0.3, -0.25) is 5.10 Å². The lowest BCUT2D eigenvalue weighted by Gasteiger charge is -2.21. The molecule has 1 N–H and O–H groups in total. The summed E-state index contributed by atoms with van der Waals surface area (Å²) in [4.78, 5) is 9.00. The second-order valence-electron chi connectivity index (χ2n) is 7.83. The molecule has 0 spiro atoms. The highest BCUT2D eigenvalue weighted by Gasteiger charge is 2.26. The van der Waals surface area contributed by atoms with E-state index in [0.29, 0.717) is 5.82 Å². The van der Waals surface area contributed by atoms with Gasteiger partial charge in [-0.25, -0.2) is 9.97 Å². The molecular formula is C24H25N5. The number of nitrogens with one attached hydrogen (secondary N) is 1. The summed E-state index contributed by atoms with van der Waals surface area (Å²) in [6.07, 6.45) is 7.85. The second kappa shape index (κ2) is 7.51. The third kappa shape index (κ3) is 3.90. The van der Waals surface area contributed by atoms with Crippen molar-refractivity contribution in [2.45, 2.75) is 33.1 Å². The van der Waals surface area contributed by atoms with Crippen molar-refractivity contribution in [1.82, 2.24) is 24.7 Å². The summed E-state index contributed by atoms with van der Waals surface area (Å²) in [5.41, 5.74) is 5.40. The Labute approximate surface area is 171 Å². The Balaban J connectivity index is 1.54. The van der Waals surface area contributed by atoms with Crippen molar-refractivity contribution >= 4 is 12.2 Å². The zero-order chi connectivity index (χ0) is 20.4. The third-order valence-corrected chi connectivity index (χ3v) is 5.23. The average molecular weight is 383 g/mol. The summed E-state index contributed by atoms with van der Waals surface area (Å²) in [7, 11) is 0. The van der Waals surface area contributed by atoms with E-state index >= 15 is 0 Å². The minimum atomic E-state index is -0.235. The first-order valence-corrected chi connectivity index (χ1v) is 9.71. The molecule has 2 heterocycles. The molecule has 0 saturated heterocycles. The van der Waals surface area contributed by atoms with E-state index in [1.807, 2.05) is 54.4 Å². The van der Waals surface area contributed by atoms with Crippen molar-refractivity contribution in [1.29, 1.82) is 0 Å². The SMILES string of the molecule is Cc1cn(-c2ccc(/C=C/c3n[nH]c(C(C)(C)c4ccccc4)n3)cc2C)cn1. The van der Waals surface area contributed by atoms with Gasteiger partial charge >= 0.3 is 0 Å². The van der Waals surface area contributed by atoms with Crippen LogP contribution >= 0.6 is 0 Å². The van der Waals surface area contributed by atoms with Gasteiger partial charge in [0.1, 0.15) is 5.82 Å². The number of benzene rings is 2. The van der Waals surface area contributed by atoms with Crippen LogP contribution in [0, 0.1) is 13.8 Å². The monoisotopic (exact) mass is 383 g/mol. The summed E-state index contributed by atoms with van der Waals surface area (Å²) < 4.78 is 2.05. The van der Waals surface area contributed by atoms with Crippen LogP contribution in [0.15, 0.2) is 61.1 Å². The van der Waals surface area contributed by atoms with Crippen molar-refractivity contribution in [3.05, 3.63) is 95.1 Å². The number of rotatable bonds is 5. The first-order valence-electron chi connectivity index (χ1n) is 9.71. The van der Waals surface area contributed by atoms with E-state index < -0.39 is 0 Å². The molecule has 5 heteroatoms. The summed E-state index contributed by atoms with van der Waals surface area (Å²) in [6, 6.07) is 16.7. The van der Waals surface area contributed by atoms with Crippen LogP contribution in [0.1, 0.15) is 47.9 Å². The maximum Gasteiger partial charge on any atom is 0.173 e. The molecule has 2 aromatic heterocycles. The van der Waals surface area contributed by atoms with E-state index in [0.717, 1.165) is 22.8 Å². The topological polar surface area (TPSA) is 59.4 Å². The maximum atomic E-state index is 4.70. The molecule has 4 rings (SSSR count). The van der Waals surface area contributed by atoms with E-state index in [9.17, 15) is 0 Å². The summed E-state index contributed by atoms with van der Waals surface area (Å²) in [6.45, 7) is 8.40. The van der Waals surface area contributed by atoms with Gasteiger partial charge in [-0.1, -0.05) is 42.5 Å². The Morgan fingerprint density at radius 2 is 1.79 bits per heavy atom. The molecule has 0 fully saturated rings. The van der Waals surface area contributed by atoms with Gasteiger partial charge in [-0.15, -0.1) is 0 Å². The molecule has 5 nitrogen and oxygen atoms in total. The molecule has 0 atom stereocenters. The molecule has 2 aromatic carbocycles. The standard InChI is InChI=1S/C24H25N5/c1-17-14-19(10-12-21(17)29-15-18(2)25-16-29)11-13-22-26-23(28-27-22)24(3,4)20-8-6-5-7-9-20/h5-16H,1-4H3,(H,26,27,28)/b13-11+. The van der Waals surface area contributed by atoms with Gasteiger partial charge in [0, 0.05) is 17.3 Å². The number of aromatic nitrogens is 5. The number of aromatic amines is 1. The molecular weight excluding hydrogens is 358 g/mol. The molecule has 0 unspecified atom stereocenters. The molecule has 0 aliphatic rings. The van der Waals surface area contributed by atoms with Gasteiger partial charge in [0.15, 0.2) is 5.82 Å². The van der Waals surface area contributed by atoms with Crippen LogP contribution in [0.4, 0.5) is 0 Å². The van der Waals surface area contributed by atoms with Crippen molar-refractivity contribution in [2.75, 3.05) is 0 Å². The maximum absolute atomic E-state index is 4.70. The van der Waals surface area contributed by atoms with Crippen LogP contribution < -0.4 is 0 Å². The van der Waals surface area contributed by atoms with Crippen molar-refractivity contribution in [2.24, 2.45) is 0 Å². The van der Waals surface area contributed by atoms with Crippen LogP contribution in [0.3, 0.4) is 0 Å². The lowest BCUT2D eigenvalue weighted by Crippen LogP contribution is -2.20. The lowest BCUT2D eigenvalue weighted by molar-refractivity contribution is 0.593. The Bertz CT molecular complexity index is 1150. The molecule has 29 heavy (non-hydrogen) atoms. The highest BCUT2D eigenvalue weighted by atomic mass is 15.2. The largest absolute Gasteiger partial charge is 0.306 e. The first-order chi connectivity index (χ1) is 13.9. The number of H-pyrrole nitrogens is 1. The molecule has 0 aliphatic carbocycles. The van der Waals surface area contributed by atoms with Gasteiger partial charge in [0.2, 0.25) is 0 Å². The fraction of sp³-hybridized carbons (Fsp3) is 0.208. The molecule has 4 aromatic rings. The Hall–Kier alpha value is -3.47. The second-order valence-corrected chi connectivity index (χ2v) is 7.83. The number of aryl methyl sites for hydroxylation is 2. The van der Waals surface area contributed by atoms with E-state index in [1.165, 1.54) is 11.1 Å². The van der Waals surface area contributed by atoms with Crippen LogP contribution in [-0.4, -0.2) is 24.7 Å². The van der Waals surface area contributed by atoms with Crippen LogP contribution in [0.5, 0.6) is 0 Å². The highest BCUT2D eigenvalue weighted by Crippen LogP contribution is 2.28. The molecule has 0 amide bonds. The minimum Gasteiger partial charge on any atom is -0.306 e. The van der Waals surface area contributed by atoms with E-state index in [1.54, 1.807) is 0 Å². The smallest absolute Gasteiger partial charge is 0.173 e. The molecule has 0 aliphatic heterocycles. The van der Waals surface area contributed by atoms with Crippen molar-refractivity contribution in [3.8, 4) is 5.69 Å². The van der Waals surface area contributed by atoms with Gasteiger partial charge in [0.05, 0.1) is 12.0 Å². The average Bonchev–Trinajstić information content (AvgIpc) is 3.37. The predicted molar refractivity (Wildman–Crippen MR) is 117 cm³/mol. The van der Waals surface area contributed by atoms with E-state index in [4.69, 9.17) is 4.98 Å². The molecule has 0 bridgehead atoms. The number of hydrogen-bond acceptors (Lipinski definition) is 3. The van der Waals surface area contributed by atoms with Gasteiger partial charge < -0.3 is 4.57 Å². The van der Waals surface area contributed by atoms with Crippen LogP contribution in [-0.2, 0) is 5.41 Å². The van der Waals surface area contributed by atoms with Crippen LogP contribution in [0.25, 0.3) is 17.8 Å². The quantitative estimate of drug-likeness (QED) is 0.521. The first kappa shape index (κ1) is 18.9. The Kier molecular flexibility index (Phi) is 4.89. The zero-order valence-corrected chi connectivity index (χ0v) is 17.2. The fourth-order valence-corrected chi connectivity index (χ4v) is 3.42. The number of nitrogens with zero attached hydrogens (tertiary/aromatic N) is 4. The summed E-state index contributed by atoms with van der Waals surface area (Å²) >= 11 is 0. The number of imidazole rings is 1. The molecule has 146 valence electrons. The van der Waals surface area contributed by atoms with Crippen LogP contribution in [0.2, 0.25) is 0 Å². The van der Waals surface area contributed by atoms with Crippen molar-refractivity contribution < 1.29 is 0 Å². The highest BCUT2D eigenvalue weighted by molar-refractivity contribution is 5.68. The zero-order valence-electron chi connectivity index (χ0n) is 17.2. The molecule has 0 saturated carbocycles. The van der Waals surface area contributed by atoms with Gasteiger partial charge in [0.25, 0.3) is 0 Å². The normalized spacial score (nSPS) is 12.0. The minimum absolute atomic E-state index is 0.235. The third-order valence-electron chi connectivity index (χ3n) is 5.23. The van der Waals surface area contributed by atoms with Gasteiger partial charge in [-0.2, -0.15) is 5.10 Å². The van der Waals surface area contributed by atoms with Gasteiger partial charge in [-0.05, 0) is 62.6 Å². The predicted octanol–water partition coefficient (Wildman–Crippen LogP) is 5.10.